The Hall–Kier alpha value is -2.15. The van der Waals surface area contributed by atoms with E-state index in [2.05, 4.69) is 24.5 Å². The summed E-state index contributed by atoms with van der Waals surface area (Å²) in [7, 11) is 0. The summed E-state index contributed by atoms with van der Waals surface area (Å²) in [6.45, 7) is 6.78. The number of hydrogen-bond acceptors (Lipinski definition) is 4. The number of nitrogens with zero attached hydrogens (tertiary/aromatic N) is 1. The van der Waals surface area contributed by atoms with Gasteiger partial charge in [-0.05, 0) is 18.9 Å². The van der Waals surface area contributed by atoms with Crippen LogP contribution in [0.3, 0.4) is 0 Å². The Kier molecular flexibility index (Phi) is 4.21. The van der Waals surface area contributed by atoms with Crippen molar-refractivity contribution < 1.29 is 14.5 Å². The van der Waals surface area contributed by atoms with Crippen molar-refractivity contribution in [1.82, 2.24) is 10.6 Å². The fraction of sp³-hybridized carbons (Fsp3) is 0.588. The molecule has 7 heteroatoms. The monoisotopic (exact) mass is 333 g/mol. The van der Waals surface area contributed by atoms with Crippen molar-refractivity contribution in [3.05, 3.63) is 39.9 Å². The Balaban J connectivity index is 1.61. The molecule has 130 valence electrons. The second-order valence-corrected chi connectivity index (χ2v) is 7.23. The number of nitro groups is 1. The van der Waals surface area contributed by atoms with Gasteiger partial charge in [-0.2, -0.15) is 0 Å². The highest BCUT2D eigenvalue weighted by molar-refractivity contribution is 5.75. The van der Waals surface area contributed by atoms with Gasteiger partial charge in [0.1, 0.15) is 0 Å². The highest BCUT2D eigenvalue weighted by Crippen LogP contribution is 2.52. The molecular formula is C17H23N3O4. The summed E-state index contributed by atoms with van der Waals surface area (Å²) >= 11 is 0. The average Bonchev–Trinajstić information content (AvgIpc) is 3.00. The molecule has 2 fully saturated rings. The van der Waals surface area contributed by atoms with Gasteiger partial charge < -0.3 is 15.4 Å². The lowest BCUT2D eigenvalue weighted by Crippen LogP contribution is -2.67. The van der Waals surface area contributed by atoms with E-state index in [1.165, 1.54) is 12.1 Å². The van der Waals surface area contributed by atoms with Crippen LogP contribution in [-0.2, 0) is 4.74 Å². The first kappa shape index (κ1) is 16.7. The second-order valence-electron chi connectivity index (χ2n) is 7.23. The van der Waals surface area contributed by atoms with Gasteiger partial charge in [0.05, 0.1) is 17.1 Å². The molecule has 1 aliphatic carbocycles. The summed E-state index contributed by atoms with van der Waals surface area (Å²) < 4.78 is 5.73. The van der Waals surface area contributed by atoms with Crippen LogP contribution in [0.5, 0.6) is 0 Å². The summed E-state index contributed by atoms with van der Waals surface area (Å²) in [6.07, 6.45) is 1.19. The van der Waals surface area contributed by atoms with Crippen molar-refractivity contribution in [2.75, 3.05) is 6.61 Å². The van der Waals surface area contributed by atoms with E-state index >= 15 is 0 Å². The number of nitrogens with one attached hydrogen (secondary N) is 2. The third-order valence-corrected chi connectivity index (χ3v) is 5.32. The van der Waals surface area contributed by atoms with Crippen LogP contribution >= 0.6 is 0 Å². The van der Waals surface area contributed by atoms with Gasteiger partial charge >= 0.3 is 6.03 Å². The van der Waals surface area contributed by atoms with Crippen molar-refractivity contribution in [1.29, 1.82) is 0 Å². The third-order valence-electron chi connectivity index (χ3n) is 5.32. The fourth-order valence-electron chi connectivity index (χ4n) is 3.99. The van der Waals surface area contributed by atoms with E-state index < -0.39 is 4.92 Å². The Labute approximate surface area is 140 Å². The van der Waals surface area contributed by atoms with Crippen LogP contribution in [0.25, 0.3) is 0 Å². The maximum Gasteiger partial charge on any atom is 0.315 e. The normalized spacial score (nSPS) is 28.4. The number of benzene rings is 1. The van der Waals surface area contributed by atoms with E-state index in [4.69, 9.17) is 4.74 Å². The summed E-state index contributed by atoms with van der Waals surface area (Å²) in [5.74, 6) is 0.374. The minimum absolute atomic E-state index is 0.0210. The zero-order valence-corrected chi connectivity index (χ0v) is 14.1. The van der Waals surface area contributed by atoms with Gasteiger partial charge in [0, 0.05) is 36.1 Å². The topological polar surface area (TPSA) is 93.5 Å². The van der Waals surface area contributed by atoms with E-state index in [1.54, 1.807) is 12.1 Å². The number of urea groups is 1. The summed E-state index contributed by atoms with van der Waals surface area (Å²) in [5, 5.41) is 16.8. The molecule has 1 heterocycles. The lowest BCUT2D eigenvalue weighted by molar-refractivity contribution is -0.384. The Morgan fingerprint density at radius 2 is 2.21 bits per heavy atom. The molecule has 2 aliphatic rings. The largest absolute Gasteiger partial charge is 0.377 e. The fourth-order valence-corrected chi connectivity index (χ4v) is 3.99. The van der Waals surface area contributed by atoms with Gasteiger partial charge in [-0.1, -0.05) is 26.0 Å². The van der Waals surface area contributed by atoms with Crippen LogP contribution in [0.15, 0.2) is 24.3 Å². The highest BCUT2D eigenvalue weighted by Gasteiger charge is 2.59. The molecule has 0 spiro atoms. The van der Waals surface area contributed by atoms with E-state index in [9.17, 15) is 14.9 Å². The molecular weight excluding hydrogens is 310 g/mol. The lowest BCUT2D eigenvalue weighted by Gasteiger charge is -2.54. The number of fused-ring (bicyclic) bond motifs is 1. The quantitative estimate of drug-likeness (QED) is 0.654. The maximum absolute atomic E-state index is 12.3. The molecule has 1 aliphatic heterocycles. The van der Waals surface area contributed by atoms with Gasteiger partial charge in [-0.3, -0.25) is 10.1 Å². The molecule has 2 N–H and O–H groups in total. The number of hydrogen-bond donors (Lipinski definition) is 2. The maximum atomic E-state index is 12.3. The summed E-state index contributed by atoms with van der Waals surface area (Å²) in [5.41, 5.74) is 0.648. The molecule has 1 saturated carbocycles. The van der Waals surface area contributed by atoms with Gasteiger partial charge in [0.25, 0.3) is 5.69 Å². The molecule has 2 amide bonds. The molecule has 0 unspecified atom stereocenters. The predicted molar refractivity (Wildman–Crippen MR) is 88.6 cm³/mol. The number of nitro benzene ring substituents is 1. The van der Waals surface area contributed by atoms with Crippen molar-refractivity contribution in [3.8, 4) is 0 Å². The molecule has 4 atom stereocenters. The second kappa shape index (κ2) is 6.05. The Bertz CT molecular complexity index is 661. The van der Waals surface area contributed by atoms with E-state index in [0.29, 0.717) is 11.5 Å². The standard InChI is InChI=1S/C17H23N3O4/c1-10(11-5-4-6-12(9-11)20(22)23)18-16(21)19-14-13-7-8-24-15(13)17(14,2)3/h4-6,9-10,13-15H,7-8H2,1-3H3,(H2,18,19,21)/t10-,13-,14+,15+/m0/s1. The minimum atomic E-state index is -0.437. The van der Waals surface area contributed by atoms with Crippen LogP contribution in [0.4, 0.5) is 10.5 Å². The predicted octanol–water partition coefficient (Wildman–Crippen LogP) is 2.77. The third kappa shape index (κ3) is 2.84. The SMILES string of the molecule is C[C@H](NC(=O)N[C@@H]1[C@@H]2CCO[C@H]2C1(C)C)c1cccc([N+](=O)[O-])c1. The Morgan fingerprint density at radius 3 is 2.92 bits per heavy atom. The van der Waals surface area contributed by atoms with Crippen LogP contribution in [0.2, 0.25) is 0 Å². The van der Waals surface area contributed by atoms with E-state index in [0.717, 1.165) is 13.0 Å². The smallest absolute Gasteiger partial charge is 0.315 e. The lowest BCUT2D eigenvalue weighted by atomic mass is 9.57. The van der Waals surface area contributed by atoms with E-state index in [-0.39, 0.29) is 35.3 Å². The van der Waals surface area contributed by atoms with Crippen LogP contribution < -0.4 is 10.6 Å². The van der Waals surface area contributed by atoms with E-state index in [1.807, 2.05) is 6.92 Å². The number of non-ortho nitro benzene ring substituents is 1. The molecule has 1 saturated heterocycles. The first-order chi connectivity index (χ1) is 11.3. The van der Waals surface area contributed by atoms with Crippen LogP contribution in [-0.4, -0.2) is 29.7 Å². The molecule has 1 aromatic carbocycles. The van der Waals surface area contributed by atoms with Gasteiger partial charge in [0.15, 0.2) is 0 Å². The number of carbonyl (C=O) groups excluding carboxylic acids is 1. The molecule has 3 rings (SSSR count). The molecule has 7 nitrogen and oxygen atoms in total. The first-order valence-electron chi connectivity index (χ1n) is 8.23. The summed E-state index contributed by atoms with van der Waals surface area (Å²) in [4.78, 5) is 22.8. The molecule has 0 bridgehead atoms. The minimum Gasteiger partial charge on any atom is -0.377 e. The van der Waals surface area contributed by atoms with Crippen molar-refractivity contribution in [2.45, 2.75) is 45.4 Å². The van der Waals surface area contributed by atoms with Crippen molar-refractivity contribution in [2.24, 2.45) is 11.3 Å². The Morgan fingerprint density at radius 1 is 1.46 bits per heavy atom. The number of carbonyl (C=O) groups is 1. The average molecular weight is 333 g/mol. The molecule has 24 heavy (non-hydrogen) atoms. The van der Waals surface area contributed by atoms with Gasteiger partial charge in [-0.15, -0.1) is 0 Å². The molecule has 0 aromatic heterocycles. The zero-order chi connectivity index (χ0) is 17.5. The van der Waals surface area contributed by atoms with Gasteiger partial charge in [-0.25, -0.2) is 4.79 Å². The van der Waals surface area contributed by atoms with Crippen molar-refractivity contribution >= 4 is 11.7 Å². The van der Waals surface area contributed by atoms with Crippen LogP contribution in [0, 0.1) is 21.4 Å². The first-order valence-corrected chi connectivity index (χ1v) is 8.23. The molecule has 1 aromatic rings. The number of amides is 2. The van der Waals surface area contributed by atoms with Gasteiger partial charge in [0.2, 0.25) is 0 Å². The van der Waals surface area contributed by atoms with Crippen molar-refractivity contribution in [3.63, 3.8) is 0 Å². The summed E-state index contributed by atoms with van der Waals surface area (Å²) in [6, 6.07) is 5.83. The zero-order valence-electron chi connectivity index (χ0n) is 14.1. The number of ether oxygens (including phenoxy) is 1. The van der Waals surface area contributed by atoms with Crippen LogP contribution in [0.1, 0.15) is 38.8 Å². The molecule has 0 radical (unpaired) electrons. The highest BCUT2D eigenvalue weighted by atomic mass is 16.6. The number of rotatable bonds is 4.